The highest BCUT2D eigenvalue weighted by atomic mass is 19.4. The quantitative estimate of drug-likeness (QED) is 0.0971. The lowest BCUT2D eigenvalue weighted by molar-refractivity contribution is -0.143. The molecule has 0 radical (unpaired) electrons. The molecule has 0 aliphatic rings. The predicted molar refractivity (Wildman–Crippen MR) is 203 cm³/mol. The van der Waals surface area contributed by atoms with Crippen LogP contribution >= 0.6 is 0 Å². The SMILES string of the molecule is [C-]#[N+]c1cccc(Oc2c(C(F)(F)F)ncn(Cc3cc(C(C)(F)F)n[nH]c3=O)c2=O)c1F.[C-]#[N+]c1cccc(Oc2c(C(F)(F)F)ncn(Cc3cc(C(C)(F)F)nnc3OC)c2=O)c1F. The number of benzene rings is 2. The summed E-state index contributed by atoms with van der Waals surface area (Å²) in [5.41, 5.74) is -10.7. The predicted octanol–water partition coefficient (Wildman–Crippen LogP) is 8.69. The first-order valence-electron chi connectivity index (χ1n) is 18.0. The Bertz CT molecular complexity index is 3110. The van der Waals surface area contributed by atoms with Gasteiger partial charge in [0.25, 0.3) is 28.5 Å². The van der Waals surface area contributed by atoms with Gasteiger partial charge in [0, 0.05) is 25.0 Å². The number of hydrogen-bond acceptors (Lipinski definition) is 11. The van der Waals surface area contributed by atoms with E-state index in [9.17, 15) is 67.1 Å². The van der Waals surface area contributed by atoms with Crippen LogP contribution in [0.2, 0.25) is 0 Å². The number of ether oxygens (including phenoxy) is 3. The number of alkyl halides is 10. The first-order chi connectivity index (χ1) is 31.2. The van der Waals surface area contributed by atoms with Crippen LogP contribution in [0.25, 0.3) is 9.69 Å². The second kappa shape index (κ2) is 19.0. The molecule has 0 atom stereocenters. The summed E-state index contributed by atoms with van der Waals surface area (Å²) in [7, 11) is 1.15. The van der Waals surface area contributed by atoms with Crippen molar-refractivity contribution in [3.63, 3.8) is 0 Å². The minimum atomic E-state index is -5.19. The second-order valence-corrected chi connectivity index (χ2v) is 13.5. The number of halogens is 12. The van der Waals surface area contributed by atoms with E-state index in [2.05, 4.69) is 35.0 Å². The molecule has 2 aromatic carbocycles. The lowest BCUT2D eigenvalue weighted by Crippen LogP contribution is -2.29. The number of hydrogen-bond donors (Lipinski definition) is 1. The Morgan fingerprint density at radius 1 is 0.657 bits per heavy atom. The zero-order valence-electron chi connectivity index (χ0n) is 33.7. The van der Waals surface area contributed by atoms with Gasteiger partial charge in [0.05, 0.1) is 46.0 Å². The molecule has 6 rings (SSSR count). The maximum atomic E-state index is 14.4. The van der Waals surface area contributed by atoms with Crippen LogP contribution < -0.4 is 30.9 Å². The number of nitrogens with zero attached hydrogens (tertiary/aromatic N) is 9. The minimum Gasteiger partial charge on any atom is -0.480 e. The number of aromatic nitrogens is 8. The molecule has 6 aromatic rings. The first kappa shape index (κ1) is 49.7. The summed E-state index contributed by atoms with van der Waals surface area (Å²) in [6, 6.07) is 7.74. The molecule has 350 valence electrons. The fourth-order valence-corrected chi connectivity index (χ4v) is 5.38. The van der Waals surface area contributed by atoms with Gasteiger partial charge in [-0.15, -0.1) is 10.2 Å². The third-order valence-corrected chi connectivity index (χ3v) is 8.57. The molecule has 0 amide bonds. The zero-order valence-corrected chi connectivity index (χ0v) is 33.7. The van der Waals surface area contributed by atoms with E-state index in [1.807, 2.05) is 5.10 Å². The molecule has 0 saturated heterocycles. The van der Waals surface area contributed by atoms with Gasteiger partial charge < -0.3 is 14.2 Å². The Balaban J connectivity index is 0.000000251. The topological polar surface area (TPSA) is 178 Å². The molecule has 0 aliphatic carbocycles. The van der Waals surface area contributed by atoms with Gasteiger partial charge >= 0.3 is 12.4 Å². The van der Waals surface area contributed by atoms with Gasteiger partial charge in [-0.1, -0.05) is 24.3 Å². The lowest BCUT2D eigenvalue weighted by atomic mass is 10.2. The van der Waals surface area contributed by atoms with E-state index in [1.165, 1.54) is 0 Å². The van der Waals surface area contributed by atoms with E-state index in [4.69, 9.17) is 27.4 Å². The monoisotopic (exact) mass is 956 g/mol. The molecule has 4 aromatic heterocycles. The average molecular weight is 957 g/mol. The molecule has 4 heterocycles. The van der Waals surface area contributed by atoms with Crippen molar-refractivity contribution in [1.29, 1.82) is 0 Å². The summed E-state index contributed by atoms with van der Waals surface area (Å²) in [6.07, 6.45) is -9.39. The number of nitrogens with one attached hydrogen (secondary N) is 1. The van der Waals surface area contributed by atoms with Crippen molar-refractivity contribution in [2.45, 2.75) is 51.1 Å². The van der Waals surface area contributed by atoms with Gasteiger partial charge in [-0.3, -0.25) is 23.5 Å². The molecule has 0 aliphatic heterocycles. The summed E-state index contributed by atoms with van der Waals surface area (Å²) in [5.74, 6) is -14.2. The summed E-state index contributed by atoms with van der Waals surface area (Å²) in [4.78, 5) is 49.6. The number of aromatic amines is 1. The number of H-pyrrole nitrogens is 1. The van der Waals surface area contributed by atoms with Crippen LogP contribution in [0.5, 0.6) is 28.9 Å². The van der Waals surface area contributed by atoms with Crippen LogP contribution in [0.3, 0.4) is 0 Å². The third kappa shape index (κ3) is 11.3. The molecule has 0 spiro atoms. The Morgan fingerprint density at radius 2 is 1.09 bits per heavy atom. The molecule has 28 heteroatoms. The molecular formula is C39H24F12N10O6. The van der Waals surface area contributed by atoms with Crippen LogP contribution in [-0.4, -0.2) is 46.6 Å². The van der Waals surface area contributed by atoms with Gasteiger partial charge in [-0.2, -0.15) is 49.0 Å². The van der Waals surface area contributed by atoms with E-state index in [0.717, 1.165) is 49.6 Å². The third-order valence-electron chi connectivity index (χ3n) is 8.57. The van der Waals surface area contributed by atoms with Crippen LogP contribution in [0.4, 0.5) is 64.1 Å². The van der Waals surface area contributed by atoms with Crippen LogP contribution in [0.1, 0.15) is 47.8 Å². The van der Waals surface area contributed by atoms with Gasteiger partial charge in [0.1, 0.15) is 11.4 Å². The highest BCUT2D eigenvalue weighted by molar-refractivity contribution is 5.53. The normalized spacial score (nSPS) is 11.8. The van der Waals surface area contributed by atoms with Crippen molar-refractivity contribution in [2.24, 2.45) is 0 Å². The minimum absolute atomic E-state index is 0.121. The summed E-state index contributed by atoms with van der Waals surface area (Å²) in [6.45, 7) is 13.4. The van der Waals surface area contributed by atoms with Crippen molar-refractivity contribution in [3.8, 4) is 28.9 Å². The highest BCUT2D eigenvalue weighted by Crippen LogP contribution is 2.38. The first-order valence-corrected chi connectivity index (χ1v) is 18.0. The van der Waals surface area contributed by atoms with Crippen molar-refractivity contribution < 1.29 is 66.9 Å². The Kier molecular flexibility index (Phi) is 14.1. The van der Waals surface area contributed by atoms with Crippen molar-refractivity contribution in [2.75, 3.05) is 7.11 Å². The van der Waals surface area contributed by atoms with Crippen LogP contribution in [-0.2, 0) is 37.3 Å². The number of methoxy groups -OCH3 is 1. The molecule has 67 heavy (non-hydrogen) atoms. The van der Waals surface area contributed by atoms with Gasteiger partial charge in [0.15, 0.2) is 34.5 Å². The van der Waals surface area contributed by atoms with E-state index in [0.29, 0.717) is 41.7 Å². The smallest absolute Gasteiger partial charge is 0.437 e. The fraction of sp³-hybridized carbons (Fsp3) is 0.231. The molecule has 16 nitrogen and oxygen atoms in total. The molecule has 0 saturated carbocycles. The molecule has 1 N–H and O–H groups in total. The maximum absolute atomic E-state index is 14.4. The summed E-state index contributed by atoms with van der Waals surface area (Å²) < 4.78 is 179. The van der Waals surface area contributed by atoms with E-state index < -0.39 is 128 Å². The van der Waals surface area contributed by atoms with Gasteiger partial charge in [-0.05, 0) is 24.3 Å². The Morgan fingerprint density at radius 3 is 1.49 bits per heavy atom. The van der Waals surface area contributed by atoms with Gasteiger partial charge in [0.2, 0.25) is 28.8 Å². The zero-order chi connectivity index (χ0) is 49.8. The molecule has 0 bridgehead atoms. The second-order valence-electron chi connectivity index (χ2n) is 13.5. The standard InChI is InChI=1S/C20H13F6N5O3.C19H11F6N5O3/c1-19(22,23)13-7-10(17(33-3)30-29-13)8-31-9-28-16(20(24,25)26)15(18(31)32)34-12-6-4-5-11(27-2)14(12)21;1-18(21,22)12-6-9(16(31)29-28-12)7-30-8-27-15(19(23,24)25)14(17(30)32)33-11-5-3-4-10(26-2)13(11)20/h4-7,9H,8H2,1,3H3;3-6,8H,7H2,1H3,(H,29,31). The fourth-order valence-electron chi connectivity index (χ4n) is 5.38. The molecule has 0 fully saturated rings. The van der Waals surface area contributed by atoms with Crippen molar-refractivity contribution in [3.05, 3.63) is 161 Å². The lowest BCUT2D eigenvalue weighted by Gasteiger charge is -2.16. The van der Waals surface area contributed by atoms with E-state index >= 15 is 0 Å². The van der Waals surface area contributed by atoms with E-state index in [-0.39, 0.29) is 11.4 Å². The largest absolute Gasteiger partial charge is 0.480 e. The van der Waals surface area contributed by atoms with Crippen LogP contribution in [0, 0.1) is 24.8 Å². The summed E-state index contributed by atoms with van der Waals surface area (Å²) >= 11 is 0. The Hall–Kier alpha value is -8.30. The molecule has 0 unspecified atom stereocenters. The summed E-state index contributed by atoms with van der Waals surface area (Å²) in [5, 5.41) is 11.8. The average Bonchev–Trinajstić information content (AvgIpc) is 3.24. The maximum Gasteiger partial charge on any atom is 0.437 e. The molecular weight excluding hydrogens is 932 g/mol. The van der Waals surface area contributed by atoms with Crippen LogP contribution in [0.15, 0.2) is 75.6 Å². The van der Waals surface area contributed by atoms with Crippen molar-refractivity contribution in [1.82, 2.24) is 39.5 Å². The Labute approximate surface area is 365 Å². The van der Waals surface area contributed by atoms with E-state index in [1.54, 1.807) is 0 Å². The number of rotatable bonds is 11. The van der Waals surface area contributed by atoms with Gasteiger partial charge in [-0.25, -0.2) is 33.5 Å². The van der Waals surface area contributed by atoms with Crippen molar-refractivity contribution >= 4 is 11.4 Å². The highest BCUT2D eigenvalue weighted by Gasteiger charge is 2.40.